The fourth-order valence-electron chi connectivity index (χ4n) is 2.86. The van der Waals surface area contributed by atoms with Gasteiger partial charge in [0.15, 0.2) is 0 Å². The first-order chi connectivity index (χ1) is 7.78. The van der Waals surface area contributed by atoms with Crippen LogP contribution in [0.5, 0.6) is 0 Å². The van der Waals surface area contributed by atoms with E-state index < -0.39 is 0 Å². The molecule has 1 spiro atoms. The molecule has 0 saturated carbocycles. The zero-order chi connectivity index (χ0) is 11.4. The largest absolute Gasteiger partial charge is 0.395 e. The number of ether oxygens (including phenoxy) is 2. The van der Waals surface area contributed by atoms with Gasteiger partial charge in [-0.05, 0) is 19.3 Å². The molecule has 4 nitrogen and oxygen atoms in total. The van der Waals surface area contributed by atoms with E-state index in [0.29, 0.717) is 6.10 Å². The average molecular weight is 229 g/mol. The molecule has 2 aliphatic rings. The molecule has 0 aromatic heterocycles. The van der Waals surface area contributed by atoms with Crippen molar-refractivity contribution in [1.82, 2.24) is 4.90 Å². The lowest BCUT2D eigenvalue weighted by atomic mass is 9.83. The highest BCUT2D eigenvalue weighted by Gasteiger charge is 2.40. The standard InChI is InChI=1S/C12H23NO3/c1-15-11-2-9-16-12(10-11)3-5-13(6-4-12)7-8-14/h11,14H,2-10H2,1H3. The summed E-state index contributed by atoms with van der Waals surface area (Å²) in [7, 11) is 1.80. The fourth-order valence-corrected chi connectivity index (χ4v) is 2.86. The van der Waals surface area contributed by atoms with Crippen LogP contribution in [-0.4, -0.2) is 61.7 Å². The molecule has 0 amide bonds. The third-order valence-electron chi connectivity index (χ3n) is 3.96. The van der Waals surface area contributed by atoms with Crippen LogP contribution in [0, 0.1) is 0 Å². The van der Waals surface area contributed by atoms with E-state index in [-0.39, 0.29) is 12.2 Å². The van der Waals surface area contributed by atoms with Gasteiger partial charge in [0.1, 0.15) is 0 Å². The summed E-state index contributed by atoms with van der Waals surface area (Å²) in [6.45, 7) is 3.96. The molecule has 0 aliphatic carbocycles. The maximum Gasteiger partial charge on any atom is 0.0731 e. The molecule has 16 heavy (non-hydrogen) atoms. The van der Waals surface area contributed by atoms with Crippen molar-refractivity contribution >= 4 is 0 Å². The van der Waals surface area contributed by atoms with Gasteiger partial charge in [-0.2, -0.15) is 0 Å². The smallest absolute Gasteiger partial charge is 0.0731 e. The third kappa shape index (κ3) is 2.74. The van der Waals surface area contributed by atoms with Crippen LogP contribution in [0.2, 0.25) is 0 Å². The van der Waals surface area contributed by atoms with Gasteiger partial charge in [-0.15, -0.1) is 0 Å². The van der Waals surface area contributed by atoms with Gasteiger partial charge in [-0.3, -0.25) is 0 Å². The number of nitrogens with zero attached hydrogens (tertiary/aromatic N) is 1. The Morgan fingerprint density at radius 1 is 1.44 bits per heavy atom. The first-order valence-corrected chi connectivity index (χ1v) is 6.28. The van der Waals surface area contributed by atoms with E-state index in [2.05, 4.69) is 4.90 Å². The predicted octanol–water partition coefficient (Wildman–Crippen LogP) is 0.639. The molecule has 2 rings (SSSR count). The lowest BCUT2D eigenvalue weighted by Gasteiger charge is -2.45. The van der Waals surface area contributed by atoms with Crippen molar-refractivity contribution in [3.63, 3.8) is 0 Å². The quantitative estimate of drug-likeness (QED) is 0.771. The topological polar surface area (TPSA) is 41.9 Å². The van der Waals surface area contributed by atoms with Crippen LogP contribution in [0.25, 0.3) is 0 Å². The van der Waals surface area contributed by atoms with E-state index in [1.165, 1.54) is 0 Å². The van der Waals surface area contributed by atoms with E-state index >= 15 is 0 Å². The monoisotopic (exact) mass is 229 g/mol. The molecule has 0 radical (unpaired) electrons. The Bertz CT molecular complexity index is 214. The van der Waals surface area contributed by atoms with Gasteiger partial charge in [-0.1, -0.05) is 0 Å². The molecular formula is C12H23NO3. The minimum absolute atomic E-state index is 0.0604. The summed E-state index contributed by atoms with van der Waals surface area (Å²) in [5.74, 6) is 0. The van der Waals surface area contributed by atoms with Gasteiger partial charge in [-0.25, -0.2) is 0 Å². The molecule has 94 valence electrons. The highest BCUT2D eigenvalue weighted by atomic mass is 16.5. The number of likely N-dealkylation sites (tertiary alicyclic amines) is 1. The Hall–Kier alpha value is -0.160. The van der Waals surface area contributed by atoms with Gasteiger partial charge < -0.3 is 19.5 Å². The SMILES string of the molecule is COC1CCOC2(CCN(CCO)CC2)C1. The first kappa shape index (κ1) is 12.3. The van der Waals surface area contributed by atoms with Gasteiger partial charge in [0.2, 0.25) is 0 Å². The molecule has 1 unspecified atom stereocenters. The number of methoxy groups -OCH3 is 1. The Kier molecular flexibility index (Phi) is 4.19. The van der Waals surface area contributed by atoms with E-state index in [0.717, 1.165) is 51.9 Å². The van der Waals surface area contributed by atoms with Gasteiger partial charge >= 0.3 is 0 Å². The Labute approximate surface area is 97.5 Å². The highest BCUT2D eigenvalue weighted by molar-refractivity contribution is 4.92. The summed E-state index contributed by atoms with van der Waals surface area (Å²) < 4.78 is 11.5. The average Bonchev–Trinajstić information content (AvgIpc) is 2.33. The third-order valence-corrected chi connectivity index (χ3v) is 3.96. The molecule has 2 saturated heterocycles. The van der Waals surface area contributed by atoms with Crippen LogP contribution < -0.4 is 0 Å². The summed E-state index contributed by atoms with van der Waals surface area (Å²) >= 11 is 0. The normalized spacial score (nSPS) is 30.8. The number of β-amino-alcohol motifs (C(OH)–C–C–N with tert-alkyl or cyclic N) is 1. The summed E-state index contributed by atoms with van der Waals surface area (Å²) in [5.41, 5.74) is 0.0604. The summed E-state index contributed by atoms with van der Waals surface area (Å²) in [4.78, 5) is 2.31. The maximum absolute atomic E-state index is 8.91. The lowest BCUT2D eigenvalue weighted by Crippen LogP contribution is -2.51. The zero-order valence-corrected chi connectivity index (χ0v) is 10.2. The molecule has 2 fully saturated rings. The van der Waals surface area contributed by atoms with E-state index in [9.17, 15) is 0 Å². The Morgan fingerprint density at radius 2 is 2.19 bits per heavy atom. The van der Waals surface area contributed by atoms with E-state index in [4.69, 9.17) is 14.6 Å². The summed E-state index contributed by atoms with van der Waals surface area (Å²) in [6, 6.07) is 0. The lowest BCUT2D eigenvalue weighted by molar-refractivity contribution is -0.149. The molecule has 1 N–H and O–H groups in total. The van der Waals surface area contributed by atoms with Gasteiger partial charge in [0.05, 0.1) is 18.3 Å². The number of hydrogen-bond donors (Lipinski definition) is 1. The highest BCUT2D eigenvalue weighted by Crippen LogP contribution is 2.35. The van der Waals surface area contributed by atoms with E-state index in [1.807, 2.05) is 0 Å². The minimum atomic E-state index is 0.0604. The molecule has 2 aliphatic heterocycles. The number of rotatable bonds is 3. The maximum atomic E-state index is 8.91. The summed E-state index contributed by atoms with van der Waals surface area (Å²) in [5, 5.41) is 8.91. The summed E-state index contributed by atoms with van der Waals surface area (Å²) in [6.07, 6.45) is 4.59. The number of aliphatic hydroxyl groups is 1. The molecule has 2 heterocycles. The molecule has 0 aromatic carbocycles. The van der Waals surface area contributed by atoms with Crippen LogP contribution in [-0.2, 0) is 9.47 Å². The second-order valence-corrected chi connectivity index (χ2v) is 4.95. The van der Waals surface area contributed by atoms with Gasteiger partial charge in [0.25, 0.3) is 0 Å². The van der Waals surface area contributed by atoms with Crippen LogP contribution >= 0.6 is 0 Å². The minimum Gasteiger partial charge on any atom is -0.395 e. The molecular weight excluding hydrogens is 206 g/mol. The van der Waals surface area contributed by atoms with Crippen LogP contribution in [0.3, 0.4) is 0 Å². The fraction of sp³-hybridized carbons (Fsp3) is 1.00. The van der Waals surface area contributed by atoms with Crippen LogP contribution in [0.4, 0.5) is 0 Å². The van der Waals surface area contributed by atoms with Crippen molar-refractivity contribution in [3.8, 4) is 0 Å². The number of hydrogen-bond acceptors (Lipinski definition) is 4. The second kappa shape index (κ2) is 5.45. The van der Waals surface area contributed by atoms with Crippen molar-refractivity contribution in [1.29, 1.82) is 0 Å². The van der Waals surface area contributed by atoms with Crippen molar-refractivity contribution in [2.75, 3.05) is 40.0 Å². The molecule has 1 atom stereocenters. The molecule has 0 bridgehead atoms. The first-order valence-electron chi connectivity index (χ1n) is 6.28. The van der Waals surface area contributed by atoms with Crippen LogP contribution in [0.15, 0.2) is 0 Å². The Morgan fingerprint density at radius 3 is 2.81 bits per heavy atom. The number of aliphatic hydroxyl groups excluding tert-OH is 1. The van der Waals surface area contributed by atoms with Gasteiger partial charge in [0, 0.05) is 39.8 Å². The van der Waals surface area contributed by atoms with Crippen molar-refractivity contribution in [2.24, 2.45) is 0 Å². The van der Waals surface area contributed by atoms with Crippen LogP contribution in [0.1, 0.15) is 25.7 Å². The van der Waals surface area contributed by atoms with Crippen molar-refractivity contribution in [2.45, 2.75) is 37.4 Å². The van der Waals surface area contributed by atoms with Crippen molar-refractivity contribution in [3.05, 3.63) is 0 Å². The van der Waals surface area contributed by atoms with Crippen molar-refractivity contribution < 1.29 is 14.6 Å². The Balaban J connectivity index is 1.85. The molecule has 4 heteroatoms. The van der Waals surface area contributed by atoms with E-state index in [1.54, 1.807) is 7.11 Å². The molecule has 0 aromatic rings. The predicted molar refractivity (Wildman–Crippen MR) is 61.5 cm³/mol. The zero-order valence-electron chi connectivity index (χ0n) is 10.2. The second-order valence-electron chi connectivity index (χ2n) is 4.95. The number of piperidine rings is 1.